The van der Waals surface area contributed by atoms with Gasteiger partial charge in [-0.1, -0.05) is 84.0 Å². The molecule has 486 valence electrons. The summed E-state index contributed by atoms with van der Waals surface area (Å²) < 4.78 is 120. The van der Waals surface area contributed by atoms with E-state index in [0.717, 1.165) is 50.9 Å². The van der Waals surface area contributed by atoms with Crippen molar-refractivity contribution >= 4 is 92.5 Å². The number of carbonyl (C=O) groups excluding carboxylic acids is 2. The number of carbonyl (C=O) groups is 2. The van der Waals surface area contributed by atoms with Crippen molar-refractivity contribution in [3.8, 4) is 17.4 Å². The first-order valence-corrected chi connectivity index (χ1v) is 31.5. The first kappa shape index (κ1) is 73.4. The molecule has 5 aromatic heterocycles. The largest absolute Gasteiger partial charge is 0.462 e. The number of anilines is 3. The molecule has 3 unspecified atom stereocenters. The Morgan fingerprint density at radius 2 is 1.14 bits per heavy atom. The number of sulfonamides is 1. The molecule has 3 atom stereocenters. The molecule has 18 nitrogen and oxygen atoms in total. The van der Waals surface area contributed by atoms with Gasteiger partial charge in [0, 0.05) is 46.9 Å². The topological polar surface area (TPSA) is 269 Å². The highest BCUT2D eigenvalue weighted by molar-refractivity contribution is 8.08. The number of Topliss-reactive ketones (excluding diaryl/α,β-unsaturated/α-hetero) is 1. The quantitative estimate of drug-likeness (QED) is 0.0275. The van der Waals surface area contributed by atoms with E-state index >= 15 is 0 Å². The lowest BCUT2D eigenvalue weighted by molar-refractivity contribution is -0.155. The molecule has 27 heteroatoms. The van der Waals surface area contributed by atoms with Gasteiger partial charge in [0.15, 0.2) is 12.0 Å². The Bertz CT molecular complexity index is 4240. The molecule has 6 N–H and O–H groups in total. The minimum absolute atomic E-state index is 0.00315. The van der Waals surface area contributed by atoms with Gasteiger partial charge in [0.25, 0.3) is 16.4 Å². The number of ketones is 1. The minimum atomic E-state index is -3.92. The Kier molecular flexibility index (Phi) is 26.9. The summed E-state index contributed by atoms with van der Waals surface area (Å²) in [6, 6.07) is 46.2. The predicted octanol–water partition coefficient (Wildman–Crippen LogP) is 14.9. The molecule has 5 heterocycles. The number of hydrazine groups is 1. The van der Waals surface area contributed by atoms with E-state index in [4.69, 9.17) is 27.5 Å². The van der Waals surface area contributed by atoms with Crippen LogP contribution in [0.25, 0.3) is 44.1 Å². The van der Waals surface area contributed by atoms with Crippen LogP contribution < -0.4 is 21.7 Å². The van der Waals surface area contributed by atoms with E-state index in [0.29, 0.717) is 16.3 Å². The van der Waals surface area contributed by atoms with Gasteiger partial charge in [-0.15, -0.1) is 0 Å². The standard InChI is InChI=1S/C24H25FN4O2S.C13H10F2N4.C10H13ClOS.C9H9N3.C5H6FNO.C4H6F2O2/c1-16(25)21-15-23(28-32(30,31)18-12-10-17(11-13-18)24(2,3)4)29(27-21)22-9-5-8-20-19(22)7-6-14-26-20;14-13(15)10-7-12(16)19(18-10)11-5-1-4-9-8(11)3-2-6-17-9;1-10(2,3)8-4-6-9(7-5-8)13(11)12;10-12-9-5-1-4-8-7(9)3-2-6-11-8;1-4(6)5(8)2-3-7;1-2-8-4(7)3(5)6/h5-16,28H,1-4H3;1-7,13H,16H2;4-7H,1-3H3;1-6,12H,10H2;4H,2H2,1H3;3H,2H2,1H3. The van der Waals surface area contributed by atoms with E-state index in [1.807, 2.05) is 78.9 Å². The molecule has 0 bridgehead atoms. The van der Waals surface area contributed by atoms with Crippen LogP contribution >= 0.6 is 10.7 Å². The van der Waals surface area contributed by atoms with Gasteiger partial charge in [0.1, 0.15) is 33.5 Å². The zero-order valence-electron chi connectivity index (χ0n) is 51.5. The Balaban J connectivity index is 0.000000218. The van der Waals surface area contributed by atoms with E-state index < -0.39 is 57.0 Å². The summed E-state index contributed by atoms with van der Waals surface area (Å²) in [5.41, 5.74) is 15.0. The van der Waals surface area contributed by atoms with Gasteiger partial charge < -0.3 is 15.9 Å². The highest BCUT2D eigenvalue weighted by atomic mass is 35.7. The molecule has 10 aromatic rings. The van der Waals surface area contributed by atoms with Crippen LogP contribution in [0.3, 0.4) is 0 Å². The number of nitriles is 1. The smallest absolute Gasteiger partial charge is 0.373 e. The molecule has 0 aliphatic rings. The number of nitrogens with one attached hydrogen (secondary N) is 2. The van der Waals surface area contributed by atoms with Gasteiger partial charge in [-0.3, -0.25) is 30.3 Å². The molecule has 0 fully saturated rings. The van der Waals surface area contributed by atoms with Gasteiger partial charge >= 0.3 is 12.4 Å². The fraction of sp³-hybridized carbons (Fsp3) is 0.262. The molecule has 10 rings (SSSR count). The van der Waals surface area contributed by atoms with Crippen LogP contribution in [0.5, 0.6) is 0 Å². The highest BCUT2D eigenvalue weighted by Gasteiger charge is 2.24. The number of fused-ring (bicyclic) bond motifs is 3. The van der Waals surface area contributed by atoms with Crippen molar-refractivity contribution in [2.75, 3.05) is 22.5 Å². The fourth-order valence-corrected chi connectivity index (χ4v) is 9.85. The average Bonchev–Trinajstić information content (AvgIpc) is 1.57. The van der Waals surface area contributed by atoms with Crippen LogP contribution in [0, 0.1) is 11.3 Å². The number of pyridine rings is 3. The second-order valence-corrected chi connectivity index (χ2v) is 25.2. The number of esters is 1. The molecule has 92 heavy (non-hydrogen) atoms. The molecular weight excluding hydrogens is 1260 g/mol. The number of aromatic nitrogens is 7. The minimum Gasteiger partial charge on any atom is -0.462 e. The maximum atomic E-state index is 14.1. The van der Waals surface area contributed by atoms with Crippen LogP contribution in [0.15, 0.2) is 180 Å². The number of nitrogen functional groups attached to an aromatic ring is 2. The van der Waals surface area contributed by atoms with Crippen molar-refractivity contribution < 1.29 is 53.3 Å². The van der Waals surface area contributed by atoms with Crippen molar-refractivity contribution in [3.05, 3.63) is 193 Å². The molecule has 5 aromatic carbocycles. The maximum Gasteiger partial charge on any atom is 0.373 e. The number of nitrogens with two attached hydrogens (primary N) is 2. The van der Waals surface area contributed by atoms with Crippen LogP contribution in [-0.4, -0.2) is 78.1 Å². The van der Waals surface area contributed by atoms with Crippen molar-refractivity contribution in [2.24, 2.45) is 5.84 Å². The third-order valence-corrected chi connectivity index (χ3v) is 15.5. The number of rotatable bonds is 13. The van der Waals surface area contributed by atoms with Gasteiger partial charge in [-0.2, -0.15) is 24.2 Å². The highest BCUT2D eigenvalue weighted by Crippen LogP contribution is 2.31. The molecular formula is C65H69ClF6N12O6S2. The lowest BCUT2D eigenvalue weighted by Gasteiger charge is -2.19. The van der Waals surface area contributed by atoms with Crippen LogP contribution in [-0.2, 0) is 45.2 Å². The van der Waals surface area contributed by atoms with E-state index in [1.165, 1.54) is 40.9 Å². The summed E-state index contributed by atoms with van der Waals surface area (Å²) in [7, 11) is 0.130. The maximum absolute atomic E-state index is 14.1. The molecule has 0 saturated carbocycles. The van der Waals surface area contributed by atoms with Crippen molar-refractivity contribution in [3.63, 3.8) is 0 Å². The predicted molar refractivity (Wildman–Crippen MR) is 348 cm³/mol. The van der Waals surface area contributed by atoms with Crippen molar-refractivity contribution in [1.29, 1.82) is 5.26 Å². The summed E-state index contributed by atoms with van der Waals surface area (Å²) in [6.45, 7) is 16.6. The SMILES string of the molecule is CC(C)(C)c1ccc(S(=O)Cl)cc1.CC(F)C(=O)CC#N.CC(F)c1cc(NS(=O)(=O)c2ccc(C(C)(C)C)cc2)n(-c2cccc3ncccc23)n1.CCOC(=O)C(F)F.NNc1cccc2ncccc12.Nc1cc(C(F)F)nn1-c1cccc2ncccc12. The Morgan fingerprint density at radius 1 is 0.674 bits per heavy atom. The summed E-state index contributed by atoms with van der Waals surface area (Å²) in [4.78, 5) is 33.4. The Hall–Kier alpha value is -9.29. The molecule has 0 aliphatic heterocycles. The zero-order chi connectivity index (χ0) is 68.1. The van der Waals surface area contributed by atoms with E-state index in [1.54, 1.807) is 85.3 Å². The second-order valence-electron chi connectivity index (χ2n) is 21.8. The first-order chi connectivity index (χ1) is 43.4. The Morgan fingerprint density at radius 3 is 1.54 bits per heavy atom. The number of nitrogens with zero attached hydrogens (tertiary/aromatic N) is 8. The normalized spacial score (nSPS) is 12.2. The summed E-state index contributed by atoms with van der Waals surface area (Å²) in [5, 5.41) is 18.7. The molecule has 0 amide bonds. The van der Waals surface area contributed by atoms with Gasteiger partial charge in [0.05, 0.1) is 68.2 Å². The van der Waals surface area contributed by atoms with E-state index in [-0.39, 0.29) is 51.8 Å². The number of hydrogen-bond donors (Lipinski definition) is 4. The summed E-state index contributed by atoms with van der Waals surface area (Å²) in [6.07, 6.45) is -3.70. The number of ether oxygens (including phenoxy) is 1. The summed E-state index contributed by atoms with van der Waals surface area (Å²) >= 11 is 0. The summed E-state index contributed by atoms with van der Waals surface area (Å²) in [5.74, 6) is 3.57. The first-order valence-electron chi connectivity index (χ1n) is 28.1. The number of alkyl halides is 6. The van der Waals surface area contributed by atoms with Crippen LogP contribution in [0.1, 0.15) is 104 Å². The average molecular weight is 1330 g/mol. The lowest BCUT2D eigenvalue weighted by atomic mass is 9.87. The Labute approximate surface area is 536 Å². The molecule has 0 radical (unpaired) electrons. The molecule has 0 aliphatic carbocycles. The number of halogens is 7. The van der Waals surface area contributed by atoms with Crippen LogP contribution in [0.4, 0.5) is 43.7 Å². The number of hydrogen-bond acceptors (Lipinski definition) is 15. The van der Waals surface area contributed by atoms with E-state index in [2.05, 4.69) is 81.6 Å². The monoisotopic (exact) mass is 1330 g/mol. The molecule has 0 spiro atoms. The van der Waals surface area contributed by atoms with Crippen molar-refractivity contribution in [2.45, 2.75) is 115 Å². The number of benzene rings is 5. The second kappa shape index (κ2) is 33.7. The third kappa shape index (κ3) is 20.9. The molecule has 0 saturated heterocycles. The van der Waals surface area contributed by atoms with Gasteiger partial charge in [-0.25, -0.2) is 44.3 Å². The van der Waals surface area contributed by atoms with E-state index in [9.17, 15) is 48.6 Å². The lowest BCUT2D eigenvalue weighted by Crippen LogP contribution is -2.17. The van der Waals surface area contributed by atoms with Crippen LogP contribution in [0.2, 0.25) is 0 Å². The van der Waals surface area contributed by atoms with Gasteiger partial charge in [0.2, 0.25) is 0 Å². The fourth-order valence-electron chi connectivity index (χ4n) is 8.15. The van der Waals surface area contributed by atoms with Gasteiger partial charge in [-0.05, 0) is 150 Å². The van der Waals surface area contributed by atoms with Crippen molar-refractivity contribution in [1.82, 2.24) is 34.5 Å². The third-order valence-electron chi connectivity index (χ3n) is 13.0. The zero-order valence-corrected chi connectivity index (χ0v) is 53.9.